The van der Waals surface area contributed by atoms with Gasteiger partial charge in [0.25, 0.3) is 5.91 Å². The SMILES string of the molecule is CC[C@@]12C=CCN(c3ccccc3)C(=O)[C@@H]1[C@H]1C(=O)N([C@H](C)CO)C3C(=O)N(c4c(C)cccc4C)CC=C[C@@]31O2. The van der Waals surface area contributed by atoms with Crippen LogP contribution < -0.4 is 9.80 Å². The van der Waals surface area contributed by atoms with E-state index in [9.17, 15) is 19.5 Å². The van der Waals surface area contributed by atoms with Crippen molar-refractivity contribution in [1.82, 2.24) is 4.90 Å². The topological polar surface area (TPSA) is 90.4 Å². The molecule has 6 rings (SSSR count). The summed E-state index contributed by atoms with van der Waals surface area (Å²) in [5, 5.41) is 10.2. The second-order valence-corrected chi connectivity index (χ2v) is 11.7. The summed E-state index contributed by atoms with van der Waals surface area (Å²) in [6.45, 7) is 7.96. The number of ether oxygens (including phenoxy) is 1. The molecule has 3 amide bonds. The number of hydrogen-bond donors (Lipinski definition) is 1. The molecule has 8 heteroatoms. The van der Waals surface area contributed by atoms with Crippen molar-refractivity contribution < 1.29 is 24.2 Å². The van der Waals surface area contributed by atoms with Crippen molar-refractivity contribution in [3.05, 3.63) is 84.0 Å². The molecular formula is C33H37N3O5. The second-order valence-electron chi connectivity index (χ2n) is 11.7. The molecule has 0 bridgehead atoms. The van der Waals surface area contributed by atoms with E-state index in [1.165, 1.54) is 4.90 Å². The molecule has 4 heterocycles. The van der Waals surface area contributed by atoms with Crippen molar-refractivity contribution in [3.8, 4) is 0 Å². The fraction of sp³-hybridized carbons (Fsp3) is 0.424. The van der Waals surface area contributed by atoms with Crippen molar-refractivity contribution in [2.45, 2.75) is 57.4 Å². The predicted octanol–water partition coefficient (Wildman–Crippen LogP) is 3.55. The van der Waals surface area contributed by atoms with E-state index in [0.717, 1.165) is 22.5 Å². The number of para-hydroxylation sites is 2. The average molecular weight is 556 g/mol. The highest BCUT2D eigenvalue weighted by atomic mass is 16.5. The first-order valence-electron chi connectivity index (χ1n) is 14.4. The number of nitrogens with zero attached hydrogens (tertiary/aromatic N) is 3. The largest absolute Gasteiger partial charge is 0.394 e. The predicted molar refractivity (Wildman–Crippen MR) is 156 cm³/mol. The molecule has 4 aliphatic rings. The third kappa shape index (κ3) is 3.84. The van der Waals surface area contributed by atoms with Gasteiger partial charge in [-0.15, -0.1) is 0 Å². The molecular weight excluding hydrogens is 518 g/mol. The van der Waals surface area contributed by atoms with Gasteiger partial charge in [0.15, 0.2) is 0 Å². The van der Waals surface area contributed by atoms with Gasteiger partial charge in [0.2, 0.25) is 11.8 Å². The van der Waals surface area contributed by atoms with Crippen LogP contribution in [0.5, 0.6) is 0 Å². The number of aryl methyl sites for hydroxylation is 2. The minimum absolute atomic E-state index is 0.202. The number of anilines is 2. The monoisotopic (exact) mass is 555 g/mol. The molecule has 2 aromatic rings. The first-order valence-corrected chi connectivity index (χ1v) is 14.4. The number of amides is 3. The Morgan fingerprint density at radius 1 is 0.878 bits per heavy atom. The number of carbonyl (C=O) groups excluding carboxylic acids is 3. The van der Waals surface area contributed by atoms with Crippen LogP contribution in [0.1, 0.15) is 31.4 Å². The lowest BCUT2D eigenvalue weighted by Crippen LogP contribution is -2.58. The van der Waals surface area contributed by atoms with Crippen LogP contribution >= 0.6 is 0 Å². The first-order chi connectivity index (χ1) is 19.7. The molecule has 0 radical (unpaired) electrons. The van der Waals surface area contributed by atoms with Crippen LogP contribution in [0.3, 0.4) is 0 Å². The molecule has 1 N–H and O–H groups in total. The van der Waals surface area contributed by atoms with Crippen LogP contribution in [0.25, 0.3) is 0 Å². The smallest absolute Gasteiger partial charge is 0.253 e. The second kappa shape index (κ2) is 9.96. The van der Waals surface area contributed by atoms with Crippen molar-refractivity contribution in [2.24, 2.45) is 11.8 Å². The minimum Gasteiger partial charge on any atom is -0.394 e. The quantitative estimate of drug-likeness (QED) is 0.570. The molecule has 0 aromatic heterocycles. The highest BCUT2D eigenvalue weighted by molar-refractivity contribution is 6.08. The van der Waals surface area contributed by atoms with Crippen LogP contribution in [0.2, 0.25) is 0 Å². The van der Waals surface area contributed by atoms with Gasteiger partial charge < -0.3 is 24.5 Å². The number of benzene rings is 2. The summed E-state index contributed by atoms with van der Waals surface area (Å²) in [4.78, 5) is 48.6. The normalized spacial score (nSPS) is 31.6. The molecule has 2 fully saturated rings. The van der Waals surface area contributed by atoms with Gasteiger partial charge in [-0.3, -0.25) is 14.4 Å². The molecule has 0 saturated carbocycles. The van der Waals surface area contributed by atoms with E-state index in [1.807, 2.05) is 93.6 Å². The molecule has 1 spiro atoms. The van der Waals surface area contributed by atoms with E-state index in [1.54, 1.807) is 16.7 Å². The zero-order valence-corrected chi connectivity index (χ0v) is 24.0. The van der Waals surface area contributed by atoms with E-state index in [0.29, 0.717) is 19.5 Å². The minimum atomic E-state index is -1.37. The molecule has 0 aliphatic carbocycles. The Labute approximate surface area is 240 Å². The fourth-order valence-corrected chi connectivity index (χ4v) is 7.53. The van der Waals surface area contributed by atoms with Gasteiger partial charge in [-0.25, -0.2) is 0 Å². The molecule has 214 valence electrons. The molecule has 41 heavy (non-hydrogen) atoms. The van der Waals surface area contributed by atoms with E-state index < -0.39 is 35.1 Å². The Balaban J connectivity index is 1.53. The lowest BCUT2D eigenvalue weighted by molar-refractivity contribution is -0.148. The summed E-state index contributed by atoms with van der Waals surface area (Å²) in [6.07, 6.45) is 8.08. The van der Waals surface area contributed by atoms with Gasteiger partial charge in [-0.2, -0.15) is 0 Å². The summed E-state index contributed by atoms with van der Waals surface area (Å²) < 4.78 is 7.03. The number of aliphatic hydroxyl groups is 1. The van der Waals surface area contributed by atoms with Gasteiger partial charge >= 0.3 is 0 Å². The zero-order valence-electron chi connectivity index (χ0n) is 24.0. The summed E-state index contributed by atoms with van der Waals surface area (Å²) in [5.74, 6) is -2.59. The zero-order chi connectivity index (χ0) is 29.1. The van der Waals surface area contributed by atoms with E-state index in [2.05, 4.69) is 0 Å². The highest BCUT2D eigenvalue weighted by Gasteiger charge is 2.75. The highest BCUT2D eigenvalue weighted by Crippen LogP contribution is 2.59. The van der Waals surface area contributed by atoms with E-state index in [4.69, 9.17) is 4.74 Å². The molecule has 2 saturated heterocycles. The van der Waals surface area contributed by atoms with Crippen LogP contribution in [0.15, 0.2) is 72.8 Å². The van der Waals surface area contributed by atoms with Crippen LogP contribution in [0.4, 0.5) is 11.4 Å². The standard InChI is InChI=1S/C33H37N3O5/c1-5-32-16-10-18-34(24-14-7-6-8-15-24)29(38)25(32)26-30(39)36(23(4)20-37)28-31(40)35(19-11-17-33(26,28)41-32)27-21(2)12-9-13-22(27)3/h6-17,23,25-26,28,37H,5,18-20H2,1-4H3/t23-,25+,26+,28?,32-,33+/m1/s1. The molecule has 6 atom stereocenters. The molecule has 4 aliphatic heterocycles. The third-order valence-electron chi connectivity index (χ3n) is 9.39. The molecule has 1 unspecified atom stereocenters. The first kappa shape index (κ1) is 27.4. The number of rotatable bonds is 5. The van der Waals surface area contributed by atoms with Gasteiger partial charge in [0.1, 0.15) is 11.6 Å². The number of carbonyl (C=O) groups is 3. The van der Waals surface area contributed by atoms with Crippen LogP contribution in [-0.4, -0.2) is 70.7 Å². The van der Waals surface area contributed by atoms with Crippen molar-refractivity contribution in [2.75, 3.05) is 29.5 Å². The Morgan fingerprint density at radius 2 is 1.54 bits per heavy atom. The van der Waals surface area contributed by atoms with Crippen LogP contribution in [0, 0.1) is 25.7 Å². The maximum absolute atomic E-state index is 14.7. The molecule has 8 nitrogen and oxygen atoms in total. The maximum Gasteiger partial charge on any atom is 0.253 e. The summed E-state index contributed by atoms with van der Waals surface area (Å²) in [7, 11) is 0. The summed E-state index contributed by atoms with van der Waals surface area (Å²) in [5.41, 5.74) is 1.01. The fourth-order valence-electron chi connectivity index (χ4n) is 7.53. The third-order valence-corrected chi connectivity index (χ3v) is 9.39. The average Bonchev–Trinajstić information content (AvgIpc) is 3.27. The van der Waals surface area contributed by atoms with Crippen molar-refractivity contribution in [3.63, 3.8) is 0 Å². The van der Waals surface area contributed by atoms with E-state index in [-0.39, 0.29) is 24.3 Å². The molecule has 2 aromatic carbocycles. The number of hydrogen-bond acceptors (Lipinski definition) is 5. The van der Waals surface area contributed by atoms with Crippen molar-refractivity contribution >= 4 is 29.1 Å². The Kier molecular flexibility index (Phi) is 6.66. The number of fused-ring (bicyclic) bond motifs is 2. The summed E-state index contributed by atoms with van der Waals surface area (Å²) >= 11 is 0. The lowest BCUT2D eigenvalue weighted by Gasteiger charge is -2.40. The lowest BCUT2D eigenvalue weighted by atomic mass is 9.73. The Hall–Kier alpha value is -3.75. The van der Waals surface area contributed by atoms with Crippen LogP contribution in [-0.2, 0) is 19.1 Å². The van der Waals surface area contributed by atoms with Crippen molar-refractivity contribution in [1.29, 1.82) is 0 Å². The van der Waals surface area contributed by atoms with Gasteiger partial charge in [-0.05, 0) is 50.5 Å². The van der Waals surface area contributed by atoms with E-state index >= 15 is 0 Å². The Morgan fingerprint density at radius 3 is 2.20 bits per heavy atom. The maximum atomic E-state index is 14.7. The van der Waals surface area contributed by atoms with Gasteiger partial charge in [0, 0.05) is 24.5 Å². The van der Waals surface area contributed by atoms with Gasteiger partial charge in [0.05, 0.1) is 30.1 Å². The van der Waals surface area contributed by atoms with Gasteiger partial charge in [-0.1, -0.05) is 67.6 Å². The number of aliphatic hydroxyl groups excluding tert-OH is 1. The number of likely N-dealkylation sites (tertiary alicyclic amines) is 1. The summed E-state index contributed by atoms with van der Waals surface area (Å²) in [6, 6.07) is 13.6. The Bertz CT molecular complexity index is 1430.